The second-order valence-electron chi connectivity index (χ2n) is 8.07. The fourth-order valence-electron chi connectivity index (χ4n) is 3.65. The van der Waals surface area contributed by atoms with Crippen LogP contribution in [-0.4, -0.2) is 21.9 Å². The van der Waals surface area contributed by atoms with Gasteiger partial charge in [0.1, 0.15) is 6.33 Å². The first-order valence-electron chi connectivity index (χ1n) is 10.5. The van der Waals surface area contributed by atoms with E-state index in [0.29, 0.717) is 18.1 Å². The summed E-state index contributed by atoms with van der Waals surface area (Å²) in [7, 11) is 0. The molecular weight excluding hydrogens is 429 g/mol. The number of halogens is 2. The van der Waals surface area contributed by atoms with Crippen molar-refractivity contribution in [1.82, 2.24) is 9.97 Å². The summed E-state index contributed by atoms with van der Waals surface area (Å²) in [5, 5.41) is 3.73. The van der Waals surface area contributed by atoms with E-state index in [9.17, 15) is 4.79 Å². The number of aromatic nitrogens is 2. The lowest BCUT2D eigenvalue weighted by Crippen LogP contribution is -2.28. The maximum absolute atomic E-state index is 15.4. The Bertz CT molecular complexity index is 1100. The van der Waals surface area contributed by atoms with Crippen LogP contribution in [0.25, 0.3) is 0 Å². The molecule has 1 heterocycles. The number of hydrogen-bond acceptors (Lipinski definition) is 5. The molecule has 0 atom stereocenters. The minimum atomic E-state index is -0.477. The van der Waals surface area contributed by atoms with Gasteiger partial charge in [0.2, 0.25) is 11.7 Å². The normalized spacial score (nSPS) is 13.1. The van der Waals surface area contributed by atoms with Crippen molar-refractivity contribution >= 4 is 29.1 Å². The van der Waals surface area contributed by atoms with Gasteiger partial charge < -0.3 is 16.0 Å². The van der Waals surface area contributed by atoms with E-state index in [1.165, 1.54) is 6.33 Å². The number of benzene rings is 2. The van der Waals surface area contributed by atoms with Crippen LogP contribution >= 0.6 is 11.6 Å². The van der Waals surface area contributed by atoms with Gasteiger partial charge in [-0.25, -0.2) is 9.97 Å². The number of rotatable bonds is 9. The van der Waals surface area contributed by atoms with Crippen molar-refractivity contribution < 1.29 is 9.18 Å². The molecule has 6 nitrogen and oxygen atoms in total. The molecule has 0 aliphatic heterocycles. The molecule has 2 aromatic carbocycles. The minimum absolute atomic E-state index is 0.151. The molecule has 3 aromatic rings. The molecule has 1 saturated carbocycles. The van der Waals surface area contributed by atoms with Gasteiger partial charge in [-0.1, -0.05) is 48.0 Å². The summed E-state index contributed by atoms with van der Waals surface area (Å²) in [6.45, 7) is 2.88. The summed E-state index contributed by atoms with van der Waals surface area (Å²) in [6.07, 6.45) is 3.56. The van der Waals surface area contributed by atoms with Crippen molar-refractivity contribution in [2.75, 3.05) is 10.2 Å². The van der Waals surface area contributed by atoms with Crippen LogP contribution in [0, 0.1) is 12.7 Å². The van der Waals surface area contributed by atoms with Crippen LogP contribution in [0.15, 0.2) is 48.8 Å². The maximum Gasteiger partial charge on any atom is 0.221 e. The first-order valence-corrected chi connectivity index (χ1v) is 10.9. The average molecular weight is 454 g/mol. The van der Waals surface area contributed by atoms with Crippen LogP contribution in [0.5, 0.6) is 0 Å². The molecule has 0 bridgehead atoms. The number of carbonyl (C=O) groups is 1. The molecule has 32 heavy (non-hydrogen) atoms. The third kappa shape index (κ3) is 5.16. The van der Waals surface area contributed by atoms with E-state index in [4.69, 9.17) is 17.3 Å². The summed E-state index contributed by atoms with van der Waals surface area (Å²) in [5.74, 6) is -0.424. The Kier molecular flexibility index (Phi) is 6.55. The van der Waals surface area contributed by atoms with E-state index < -0.39 is 5.82 Å². The van der Waals surface area contributed by atoms with Crippen LogP contribution in [0.4, 0.5) is 16.0 Å². The van der Waals surface area contributed by atoms with Crippen molar-refractivity contribution in [1.29, 1.82) is 0 Å². The Morgan fingerprint density at radius 2 is 1.91 bits per heavy atom. The van der Waals surface area contributed by atoms with Crippen LogP contribution < -0.4 is 16.0 Å². The molecule has 0 saturated heterocycles. The van der Waals surface area contributed by atoms with Crippen molar-refractivity contribution in [3.8, 4) is 0 Å². The molecule has 1 amide bonds. The molecule has 0 unspecified atom stereocenters. The highest BCUT2D eigenvalue weighted by molar-refractivity contribution is 6.31. The number of carbonyl (C=O) groups excluding carboxylic acids is 1. The quantitative estimate of drug-likeness (QED) is 0.502. The van der Waals surface area contributed by atoms with E-state index >= 15 is 4.39 Å². The lowest BCUT2D eigenvalue weighted by molar-refractivity contribution is -0.117. The number of nitrogens with one attached hydrogen (secondary N) is 1. The first kappa shape index (κ1) is 22.0. The topological polar surface area (TPSA) is 84.1 Å². The summed E-state index contributed by atoms with van der Waals surface area (Å²) >= 11 is 6.42. The standard InChI is InChI=1S/C24H25ClFN5O/c1-15-3-2-4-20(25)19(15)13-31(18-9-10-18)24-22(26)23(29-14-30-24)28-12-17-7-5-16(6-8-17)11-21(27)32/h2-8,14,18H,9-13H2,1H3,(H2,27,32)(H,28,29,30). The summed E-state index contributed by atoms with van der Waals surface area (Å²) in [6, 6.07) is 13.4. The van der Waals surface area contributed by atoms with Gasteiger partial charge in [-0.2, -0.15) is 4.39 Å². The molecule has 1 aromatic heterocycles. The molecule has 166 valence electrons. The zero-order valence-corrected chi connectivity index (χ0v) is 18.6. The Balaban J connectivity index is 1.51. The van der Waals surface area contributed by atoms with Gasteiger partial charge in [-0.05, 0) is 48.1 Å². The first-order chi connectivity index (χ1) is 15.4. The predicted molar refractivity (Wildman–Crippen MR) is 124 cm³/mol. The molecular formula is C24H25ClFN5O. The molecule has 3 N–H and O–H groups in total. The number of nitrogens with two attached hydrogens (primary N) is 1. The number of anilines is 2. The number of amides is 1. The molecule has 4 rings (SSSR count). The average Bonchev–Trinajstić information content (AvgIpc) is 3.59. The van der Waals surface area contributed by atoms with Gasteiger partial charge in [-0.15, -0.1) is 0 Å². The molecule has 1 fully saturated rings. The van der Waals surface area contributed by atoms with Crippen molar-refractivity contribution in [3.05, 3.63) is 81.9 Å². The third-order valence-corrected chi connectivity index (χ3v) is 5.93. The van der Waals surface area contributed by atoms with E-state index in [0.717, 1.165) is 35.1 Å². The van der Waals surface area contributed by atoms with Gasteiger partial charge in [0.15, 0.2) is 11.6 Å². The van der Waals surface area contributed by atoms with Crippen molar-refractivity contribution in [2.45, 2.75) is 45.3 Å². The zero-order chi connectivity index (χ0) is 22.7. The largest absolute Gasteiger partial charge is 0.369 e. The van der Waals surface area contributed by atoms with E-state index in [2.05, 4.69) is 15.3 Å². The van der Waals surface area contributed by atoms with Gasteiger partial charge in [-0.3, -0.25) is 4.79 Å². The fourth-order valence-corrected chi connectivity index (χ4v) is 3.93. The third-order valence-electron chi connectivity index (χ3n) is 5.57. The Morgan fingerprint density at radius 1 is 1.19 bits per heavy atom. The predicted octanol–water partition coefficient (Wildman–Crippen LogP) is 4.39. The molecule has 0 spiro atoms. The zero-order valence-electron chi connectivity index (χ0n) is 17.8. The fraction of sp³-hybridized carbons (Fsp3) is 0.292. The highest BCUT2D eigenvalue weighted by atomic mass is 35.5. The highest BCUT2D eigenvalue weighted by Gasteiger charge is 2.33. The van der Waals surface area contributed by atoms with Gasteiger partial charge >= 0.3 is 0 Å². The summed E-state index contributed by atoms with van der Waals surface area (Å²) in [5.41, 5.74) is 9.04. The molecule has 0 radical (unpaired) electrons. The van der Waals surface area contributed by atoms with E-state index in [-0.39, 0.29) is 30.0 Å². The molecule has 1 aliphatic rings. The van der Waals surface area contributed by atoms with Crippen LogP contribution in [0.1, 0.15) is 35.1 Å². The van der Waals surface area contributed by atoms with Gasteiger partial charge in [0.25, 0.3) is 0 Å². The summed E-state index contributed by atoms with van der Waals surface area (Å²) < 4.78 is 15.4. The Morgan fingerprint density at radius 3 is 2.56 bits per heavy atom. The second kappa shape index (κ2) is 9.53. The second-order valence-corrected chi connectivity index (χ2v) is 8.47. The minimum Gasteiger partial charge on any atom is -0.369 e. The van der Waals surface area contributed by atoms with Crippen LogP contribution in [0.3, 0.4) is 0 Å². The lowest BCUT2D eigenvalue weighted by atomic mass is 10.1. The monoisotopic (exact) mass is 453 g/mol. The van der Waals surface area contributed by atoms with E-state index in [1.807, 2.05) is 54.3 Å². The maximum atomic E-state index is 15.4. The van der Waals surface area contributed by atoms with Gasteiger partial charge in [0.05, 0.1) is 6.42 Å². The lowest BCUT2D eigenvalue weighted by Gasteiger charge is -2.26. The molecule has 1 aliphatic carbocycles. The smallest absolute Gasteiger partial charge is 0.221 e. The molecule has 8 heteroatoms. The van der Waals surface area contributed by atoms with Crippen molar-refractivity contribution in [2.24, 2.45) is 5.73 Å². The SMILES string of the molecule is Cc1cccc(Cl)c1CN(c1ncnc(NCc2ccc(CC(N)=O)cc2)c1F)C1CC1. The Labute approximate surface area is 191 Å². The number of hydrogen-bond donors (Lipinski definition) is 2. The summed E-state index contributed by atoms with van der Waals surface area (Å²) in [4.78, 5) is 21.4. The van der Waals surface area contributed by atoms with E-state index in [1.54, 1.807) is 0 Å². The van der Waals surface area contributed by atoms with Crippen LogP contribution in [0.2, 0.25) is 5.02 Å². The van der Waals surface area contributed by atoms with Crippen molar-refractivity contribution in [3.63, 3.8) is 0 Å². The van der Waals surface area contributed by atoms with Crippen LogP contribution in [-0.2, 0) is 24.3 Å². The highest BCUT2D eigenvalue weighted by Crippen LogP contribution is 2.36. The van der Waals surface area contributed by atoms with Gasteiger partial charge in [0, 0.05) is 24.2 Å². The number of nitrogens with zero attached hydrogens (tertiary/aromatic N) is 3. The Hall–Kier alpha value is -3.19. The number of aryl methyl sites for hydroxylation is 1. The number of primary amides is 1.